The van der Waals surface area contributed by atoms with Crippen molar-refractivity contribution >= 4 is 0 Å². The van der Waals surface area contributed by atoms with E-state index in [4.69, 9.17) is 14.2 Å². The van der Waals surface area contributed by atoms with Gasteiger partial charge in [-0.1, -0.05) is 26.0 Å². The molecule has 0 bridgehead atoms. The quantitative estimate of drug-likeness (QED) is 0.469. The fourth-order valence-electron chi connectivity index (χ4n) is 2.60. The summed E-state index contributed by atoms with van der Waals surface area (Å²) in [6.45, 7) is 10.9. The lowest BCUT2D eigenvalue weighted by Gasteiger charge is -2.27. The van der Waals surface area contributed by atoms with Crippen molar-refractivity contribution in [3.8, 4) is 11.5 Å². The van der Waals surface area contributed by atoms with Gasteiger partial charge in [0.1, 0.15) is 0 Å². The normalized spacial score (nSPS) is 12.5. The molecule has 0 radical (unpaired) electrons. The lowest BCUT2D eigenvalue weighted by atomic mass is 10.1. The monoisotopic (exact) mass is 337 g/mol. The molecule has 0 spiro atoms. The van der Waals surface area contributed by atoms with E-state index in [9.17, 15) is 5.11 Å². The Balaban J connectivity index is 2.72. The molecule has 0 fully saturated rings. The predicted octanol–water partition coefficient (Wildman–Crippen LogP) is 2.73. The van der Waals surface area contributed by atoms with Gasteiger partial charge in [-0.3, -0.25) is 4.90 Å². The Morgan fingerprint density at radius 2 is 1.88 bits per heavy atom. The van der Waals surface area contributed by atoms with Gasteiger partial charge >= 0.3 is 0 Å². The van der Waals surface area contributed by atoms with E-state index >= 15 is 0 Å². The van der Waals surface area contributed by atoms with Crippen LogP contribution in [0.4, 0.5) is 0 Å². The first-order valence-electron chi connectivity index (χ1n) is 8.30. The fraction of sp³-hybridized carbons (Fsp3) is 0.579. The summed E-state index contributed by atoms with van der Waals surface area (Å²) < 4.78 is 16.0. The third-order valence-corrected chi connectivity index (χ3v) is 3.49. The topological polar surface area (TPSA) is 51.2 Å². The highest BCUT2D eigenvalue weighted by molar-refractivity contribution is 5.42. The van der Waals surface area contributed by atoms with E-state index < -0.39 is 6.10 Å². The summed E-state index contributed by atoms with van der Waals surface area (Å²) in [6.07, 6.45) is 1.16. The minimum atomic E-state index is -0.524. The molecule has 1 aromatic rings. The third kappa shape index (κ3) is 7.34. The Labute approximate surface area is 145 Å². The molecular formula is C19H31NO4. The summed E-state index contributed by atoms with van der Waals surface area (Å²) in [5.74, 6) is 1.94. The van der Waals surface area contributed by atoms with Gasteiger partial charge in [0.05, 0.1) is 33.5 Å². The van der Waals surface area contributed by atoms with Crippen LogP contribution >= 0.6 is 0 Å². The number of methoxy groups -OCH3 is 2. The SMILES string of the molecule is C=CCOC[C@H](O)CN(Cc1ccc(OC)c(OC)c1)CC(C)C. The molecule has 1 N–H and O–H groups in total. The van der Waals surface area contributed by atoms with Crippen LogP contribution in [0.15, 0.2) is 30.9 Å². The van der Waals surface area contributed by atoms with Crippen molar-refractivity contribution in [2.75, 3.05) is 40.5 Å². The average Bonchev–Trinajstić information content (AvgIpc) is 2.54. The van der Waals surface area contributed by atoms with Crippen molar-refractivity contribution in [3.05, 3.63) is 36.4 Å². The number of benzene rings is 1. The average molecular weight is 337 g/mol. The van der Waals surface area contributed by atoms with Gasteiger partial charge < -0.3 is 19.3 Å². The van der Waals surface area contributed by atoms with Crippen molar-refractivity contribution in [1.82, 2.24) is 4.90 Å². The first-order valence-corrected chi connectivity index (χ1v) is 8.30. The number of rotatable bonds is 12. The molecule has 1 aromatic carbocycles. The van der Waals surface area contributed by atoms with E-state index in [0.29, 0.717) is 25.7 Å². The lowest BCUT2D eigenvalue weighted by Crippen LogP contribution is -2.36. The molecule has 0 aromatic heterocycles. The molecule has 0 amide bonds. The fourth-order valence-corrected chi connectivity index (χ4v) is 2.60. The van der Waals surface area contributed by atoms with Crippen LogP contribution in [0.5, 0.6) is 11.5 Å². The first kappa shape index (κ1) is 20.5. The van der Waals surface area contributed by atoms with Gasteiger partial charge in [-0.25, -0.2) is 0 Å². The minimum absolute atomic E-state index is 0.312. The zero-order valence-corrected chi connectivity index (χ0v) is 15.3. The molecule has 1 rings (SSSR count). The van der Waals surface area contributed by atoms with Crippen molar-refractivity contribution in [3.63, 3.8) is 0 Å². The zero-order valence-electron chi connectivity index (χ0n) is 15.3. The third-order valence-electron chi connectivity index (χ3n) is 3.49. The molecule has 0 saturated heterocycles. The molecule has 0 aliphatic heterocycles. The lowest BCUT2D eigenvalue weighted by molar-refractivity contribution is 0.0223. The number of nitrogens with zero attached hydrogens (tertiary/aromatic N) is 1. The Hall–Kier alpha value is -1.56. The smallest absolute Gasteiger partial charge is 0.161 e. The second-order valence-corrected chi connectivity index (χ2v) is 6.26. The van der Waals surface area contributed by atoms with Gasteiger partial charge in [0.2, 0.25) is 0 Å². The summed E-state index contributed by atoms with van der Waals surface area (Å²) in [5, 5.41) is 10.2. The molecule has 0 unspecified atom stereocenters. The molecule has 24 heavy (non-hydrogen) atoms. The largest absolute Gasteiger partial charge is 0.493 e. The zero-order chi connectivity index (χ0) is 17.9. The highest BCUT2D eigenvalue weighted by Gasteiger charge is 2.15. The van der Waals surface area contributed by atoms with Crippen LogP contribution in [-0.2, 0) is 11.3 Å². The maximum Gasteiger partial charge on any atom is 0.161 e. The highest BCUT2D eigenvalue weighted by atomic mass is 16.5. The molecule has 0 aliphatic carbocycles. The molecule has 0 heterocycles. The number of hydrogen-bond donors (Lipinski definition) is 1. The predicted molar refractivity (Wildman–Crippen MR) is 96.7 cm³/mol. The van der Waals surface area contributed by atoms with Crippen molar-refractivity contribution in [2.24, 2.45) is 5.92 Å². The van der Waals surface area contributed by atoms with Crippen molar-refractivity contribution in [2.45, 2.75) is 26.5 Å². The maximum absolute atomic E-state index is 10.2. The Morgan fingerprint density at radius 3 is 2.46 bits per heavy atom. The number of aliphatic hydroxyl groups is 1. The molecule has 0 saturated carbocycles. The molecule has 136 valence electrons. The molecular weight excluding hydrogens is 306 g/mol. The first-order chi connectivity index (χ1) is 11.5. The Bertz CT molecular complexity index is 490. The molecule has 1 atom stereocenters. The van der Waals surface area contributed by atoms with E-state index in [1.165, 1.54) is 0 Å². The van der Waals surface area contributed by atoms with E-state index in [2.05, 4.69) is 25.3 Å². The summed E-state index contributed by atoms with van der Waals surface area (Å²) in [4.78, 5) is 2.23. The van der Waals surface area contributed by atoms with Gasteiger partial charge in [0.25, 0.3) is 0 Å². The Kier molecular flexibility index (Phi) is 9.45. The summed E-state index contributed by atoms with van der Waals surface area (Å²) in [6, 6.07) is 5.91. The van der Waals surface area contributed by atoms with Crippen LogP contribution in [0, 0.1) is 5.92 Å². The second-order valence-electron chi connectivity index (χ2n) is 6.26. The van der Waals surface area contributed by atoms with Crippen LogP contribution < -0.4 is 9.47 Å². The molecule has 0 aliphatic rings. The van der Waals surface area contributed by atoms with E-state index in [1.54, 1.807) is 20.3 Å². The van der Waals surface area contributed by atoms with Gasteiger partial charge in [-0.2, -0.15) is 0 Å². The number of hydrogen-bond acceptors (Lipinski definition) is 5. The van der Waals surface area contributed by atoms with Crippen molar-refractivity contribution < 1.29 is 19.3 Å². The van der Waals surface area contributed by atoms with Crippen LogP contribution in [0.2, 0.25) is 0 Å². The van der Waals surface area contributed by atoms with Gasteiger partial charge in [-0.05, 0) is 23.6 Å². The van der Waals surface area contributed by atoms with E-state index in [0.717, 1.165) is 30.2 Å². The number of ether oxygens (including phenoxy) is 3. The summed E-state index contributed by atoms with van der Waals surface area (Å²) in [7, 11) is 3.26. The standard InChI is InChI=1S/C19H31NO4/c1-6-9-24-14-17(21)13-20(11-15(2)3)12-16-7-8-18(22-4)19(10-16)23-5/h6-8,10,15,17,21H,1,9,11-14H2,2-5H3/t17-/m1/s1. The summed E-state index contributed by atoms with van der Waals surface area (Å²) >= 11 is 0. The van der Waals surface area contributed by atoms with Gasteiger partial charge in [0.15, 0.2) is 11.5 Å². The van der Waals surface area contributed by atoms with E-state index in [-0.39, 0.29) is 0 Å². The van der Waals surface area contributed by atoms with Crippen LogP contribution in [0.1, 0.15) is 19.4 Å². The highest BCUT2D eigenvalue weighted by Crippen LogP contribution is 2.28. The van der Waals surface area contributed by atoms with Crippen LogP contribution in [-0.4, -0.2) is 56.6 Å². The van der Waals surface area contributed by atoms with Crippen molar-refractivity contribution in [1.29, 1.82) is 0 Å². The minimum Gasteiger partial charge on any atom is -0.493 e. The molecule has 5 nitrogen and oxygen atoms in total. The molecule has 5 heteroatoms. The van der Waals surface area contributed by atoms with E-state index in [1.807, 2.05) is 18.2 Å². The van der Waals surface area contributed by atoms with Gasteiger partial charge in [0, 0.05) is 19.6 Å². The number of aliphatic hydroxyl groups excluding tert-OH is 1. The van der Waals surface area contributed by atoms with Gasteiger partial charge in [-0.15, -0.1) is 6.58 Å². The second kappa shape index (κ2) is 11.1. The Morgan fingerprint density at radius 1 is 1.17 bits per heavy atom. The van der Waals surface area contributed by atoms with Crippen LogP contribution in [0.25, 0.3) is 0 Å². The maximum atomic E-state index is 10.2. The summed E-state index contributed by atoms with van der Waals surface area (Å²) in [5.41, 5.74) is 1.12. The van der Waals surface area contributed by atoms with Crippen LogP contribution in [0.3, 0.4) is 0 Å².